The number of anilines is 1. The Morgan fingerprint density at radius 2 is 1.59 bits per heavy atom. The Bertz CT molecular complexity index is 953. The van der Waals surface area contributed by atoms with Gasteiger partial charge in [-0.15, -0.1) is 11.8 Å². The van der Waals surface area contributed by atoms with Gasteiger partial charge in [0, 0.05) is 22.4 Å². The molecule has 0 N–H and O–H groups in total. The first-order valence-corrected chi connectivity index (χ1v) is 9.35. The van der Waals surface area contributed by atoms with Crippen molar-refractivity contribution < 1.29 is 14.5 Å². The summed E-state index contributed by atoms with van der Waals surface area (Å²) >= 11 is 7.19. The molecule has 0 radical (unpaired) electrons. The molecule has 2 aromatic rings. The summed E-state index contributed by atoms with van der Waals surface area (Å²) in [5, 5.41) is 11.5. The maximum Gasteiger partial charge on any atom is 0.272 e. The Balaban J connectivity index is 2.07. The summed E-state index contributed by atoms with van der Waals surface area (Å²) in [5.41, 5.74) is 1.07. The molecule has 6 nitrogen and oxygen atoms in total. The number of rotatable bonds is 5. The molecular formula is C19H15ClN2O4S. The molecule has 0 saturated carbocycles. The zero-order chi connectivity index (χ0) is 19.7. The molecule has 0 aromatic heterocycles. The molecule has 0 unspecified atom stereocenters. The first kappa shape index (κ1) is 19.1. The van der Waals surface area contributed by atoms with Crippen molar-refractivity contribution in [2.24, 2.45) is 0 Å². The summed E-state index contributed by atoms with van der Waals surface area (Å²) in [5.74, 6) is -0.867. The number of hydrogen-bond donors (Lipinski definition) is 0. The third-order valence-corrected chi connectivity index (χ3v) is 5.18. The van der Waals surface area contributed by atoms with Crippen LogP contribution >= 0.6 is 23.4 Å². The molecule has 0 aliphatic carbocycles. The number of nitro benzene ring substituents is 1. The van der Waals surface area contributed by atoms with Crippen molar-refractivity contribution >= 4 is 52.1 Å². The minimum Gasteiger partial charge on any atom is -0.268 e. The van der Waals surface area contributed by atoms with Crippen LogP contribution in [0.5, 0.6) is 0 Å². The average Bonchev–Trinajstić information content (AvgIpc) is 2.86. The van der Waals surface area contributed by atoms with Crippen LogP contribution < -0.4 is 4.90 Å². The van der Waals surface area contributed by atoms with Crippen LogP contribution in [0, 0.1) is 10.1 Å². The van der Waals surface area contributed by atoms with Gasteiger partial charge in [-0.05, 0) is 42.0 Å². The van der Waals surface area contributed by atoms with E-state index >= 15 is 0 Å². The summed E-state index contributed by atoms with van der Waals surface area (Å²) in [7, 11) is 0. The van der Waals surface area contributed by atoms with Crippen molar-refractivity contribution in [1.29, 1.82) is 0 Å². The summed E-state index contributed by atoms with van der Waals surface area (Å²) in [6.07, 6.45) is 0. The van der Waals surface area contributed by atoms with Gasteiger partial charge in [-0.2, -0.15) is 0 Å². The molecule has 1 aliphatic heterocycles. The molecule has 0 spiro atoms. The molecule has 0 saturated heterocycles. The molecule has 27 heavy (non-hydrogen) atoms. The van der Waals surface area contributed by atoms with Crippen molar-refractivity contribution in [3.63, 3.8) is 0 Å². The van der Waals surface area contributed by atoms with Gasteiger partial charge < -0.3 is 0 Å². The summed E-state index contributed by atoms with van der Waals surface area (Å²) < 4.78 is 0. The second-order valence-electron chi connectivity index (χ2n) is 6.10. The average molecular weight is 403 g/mol. The largest absolute Gasteiger partial charge is 0.272 e. The second kappa shape index (κ2) is 7.54. The van der Waals surface area contributed by atoms with E-state index in [9.17, 15) is 19.7 Å². The number of nitro groups is 1. The van der Waals surface area contributed by atoms with Crippen LogP contribution in [0.25, 0.3) is 5.57 Å². The maximum atomic E-state index is 13.1. The lowest BCUT2D eigenvalue weighted by Gasteiger charge is -2.15. The molecule has 1 heterocycles. The number of hydrogen-bond acceptors (Lipinski definition) is 5. The molecule has 1 aliphatic rings. The van der Waals surface area contributed by atoms with Gasteiger partial charge in [0.25, 0.3) is 17.5 Å². The van der Waals surface area contributed by atoms with Crippen LogP contribution in [0.15, 0.2) is 53.4 Å². The van der Waals surface area contributed by atoms with Gasteiger partial charge in [-0.25, -0.2) is 4.90 Å². The number of thioether (sulfide) groups is 1. The SMILES string of the molecule is CC(C)SC1=C(c2ccc([N+](=O)[O-])cc2)C(=O)N(c2ccc(Cl)cc2)C1=O. The van der Waals surface area contributed by atoms with Crippen molar-refractivity contribution in [2.45, 2.75) is 19.1 Å². The van der Waals surface area contributed by atoms with Crippen LogP contribution in [0.1, 0.15) is 19.4 Å². The standard InChI is InChI=1S/C19H15ClN2O4S/c1-11(2)27-17-16(12-3-7-15(8-4-12)22(25)26)18(23)21(19(17)24)14-9-5-13(20)6-10-14/h3-11H,1-2H3. The lowest BCUT2D eigenvalue weighted by Crippen LogP contribution is -2.31. The van der Waals surface area contributed by atoms with Crippen LogP contribution in [0.2, 0.25) is 5.02 Å². The van der Waals surface area contributed by atoms with E-state index in [0.717, 1.165) is 4.90 Å². The van der Waals surface area contributed by atoms with Gasteiger partial charge in [0.1, 0.15) is 0 Å². The van der Waals surface area contributed by atoms with Crippen molar-refractivity contribution in [3.8, 4) is 0 Å². The Kier molecular flexibility index (Phi) is 5.34. The highest BCUT2D eigenvalue weighted by molar-refractivity contribution is 8.04. The number of amides is 2. The van der Waals surface area contributed by atoms with E-state index in [1.54, 1.807) is 24.3 Å². The number of nitrogens with zero attached hydrogens (tertiary/aromatic N) is 2. The lowest BCUT2D eigenvalue weighted by molar-refractivity contribution is -0.384. The van der Waals surface area contributed by atoms with E-state index in [1.807, 2.05) is 13.8 Å². The van der Waals surface area contributed by atoms with Crippen LogP contribution in [-0.2, 0) is 9.59 Å². The number of carbonyl (C=O) groups is 2. The first-order chi connectivity index (χ1) is 12.8. The zero-order valence-corrected chi connectivity index (χ0v) is 16.1. The van der Waals surface area contributed by atoms with E-state index in [0.29, 0.717) is 21.2 Å². The third kappa shape index (κ3) is 3.74. The molecule has 2 amide bonds. The van der Waals surface area contributed by atoms with Crippen LogP contribution in [-0.4, -0.2) is 22.0 Å². The maximum absolute atomic E-state index is 13.1. The monoisotopic (exact) mass is 402 g/mol. The van der Waals surface area contributed by atoms with Gasteiger partial charge in [-0.1, -0.05) is 25.4 Å². The summed E-state index contributed by atoms with van der Waals surface area (Å²) in [6, 6.07) is 12.1. The number of imide groups is 1. The highest BCUT2D eigenvalue weighted by Gasteiger charge is 2.40. The van der Waals surface area contributed by atoms with E-state index in [4.69, 9.17) is 11.6 Å². The van der Waals surface area contributed by atoms with Gasteiger partial charge in [0.2, 0.25) is 0 Å². The second-order valence-corrected chi connectivity index (χ2v) is 8.12. The van der Waals surface area contributed by atoms with Crippen molar-refractivity contribution in [1.82, 2.24) is 0 Å². The number of non-ortho nitro benzene ring substituents is 1. The fraction of sp³-hybridized carbons (Fsp3) is 0.158. The summed E-state index contributed by atoms with van der Waals surface area (Å²) in [4.78, 5) is 37.9. The Morgan fingerprint density at radius 3 is 2.11 bits per heavy atom. The quantitative estimate of drug-likeness (QED) is 0.412. The number of carbonyl (C=O) groups excluding carboxylic acids is 2. The minimum atomic E-state index is -0.510. The summed E-state index contributed by atoms with van der Waals surface area (Å²) in [6.45, 7) is 3.85. The molecular weight excluding hydrogens is 388 g/mol. The zero-order valence-electron chi connectivity index (χ0n) is 14.5. The van der Waals surface area contributed by atoms with Crippen LogP contribution in [0.4, 0.5) is 11.4 Å². The topological polar surface area (TPSA) is 80.5 Å². The van der Waals surface area contributed by atoms with E-state index in [1.165, 1.54) is 36.0 Å². The van der Waals surface area contributed by atoms with Crippen molar-refractivity contribution in [2.75, 3.05) is 4.90 Å². The Labute approximate surface area is 165 Å². The molecule has 138 valence electrons. The van der Waals surface area contributed by atoms with E-state index < -0.39 is 16.7 Å². The number of halogens is 1. The minimum absolute atomic E-state index is 0.0787. The molecule has 8 heteroatoms. The van der Waals surface area contributed by atoms with Gasteiger partial charge in [0.05, 0.1) is 21.1 Å². The van der Waals surface area contributed by atoms with Gasteiger partial charge >= 0.3 is 0 Å². The van der Waals surface area contributed by atoms with Gasteiger partial charge in [0.15, 0.2) is 0 Å². The molecule has 2 aromatic carbocycles. The first-order valence-electron chi connectivity index (χ1n) is 8.09. The Hall–Kier alpha value is -2.64. The van der Waals surface area contributed by atoms with E-state index in [2.05, 4.69) is 0 Å². The Morgan fingerprint density at radius 1 is 1.00 bits per heavy atom. The predicted molar refractivity (Wildman–Crippen MR) is 107 cm³/mol. The molecule has 0 bridgehead atoms. The predicted octanol–water partition coefficient (Wildman–Crippen LogP) is 4.67. The molecule has 3 rings (SSSR count). The number of benzene rings is 2. The lowest BCUT2D eigenvalue weighted by atomic mass is 10.1. The highest BCUT2D eigenvalue weighted by Crippen LogP contribution is 2.40. The fourth-order valence-corrected chi connectivity index (χ4v) is 3.80. The van der Waals surface area contributed by atoms with E-state index in [-0.39, 0.29) is 16.5 Å². The smallest absolute Gasteiger partial charge is 0.268 e. The normalized spacial score (nSPS) is 14.4. The highest BCUT2D eigenvalue weighted by atomic mass is 35.5. The van der Waals surface area contributed by atoms with Gasteiger partial charge in [-0.3, -0.25) is 19.7 Å². The van der Waals surface area contributed by atoms with Crippen LogP contribution in [0.3, 0.4) is 0 Å². The third-order valence-electron chi connectivity index (χ3n) is 3.85. The van der Waals surface area contributed by atoms with Crippen molar-refractivity contribution in [3.05, 3.63) is 74.1 Å². The molecule has 0 atom stereocenters. The molecule has 0 fully saturated rings. The fourth-order valence-electron chi connectivity index (χ4n) is 2.68.